The van der Waals surface area contributed by atoms with Crippen LogP contribution in [0.1, 0.15) is 50.3 Å². The Labute approximate surface area is 124 Å². The van der Waals surface area contributed by atoms with Gasteiger partial charge in [0.2, 0.25) is 11.8 Å². The summed E-state index contributed by atoms with van der Waals surface area (Å²) in [6, 6.07) is -0.666. The van der Waals surface area contributed by atoms with Gasteiger partial charge >= 0.3 is 0 Å². The topological polar surface area (TPSA) is 75.4 Å². The fourth-order valence-electron chi connectivity index (χ4n) is 2.88. The van der Waals surface area contributed by atoms with Gasteiger partial charge in [0, 0.05) is 5.56 Å². The minimum absolute atomic E-state index is 0.0311. The lowest BCUT2D eigenvalue weighted by Crippen LogP contribution is -2.60. The van der Waals surface area contributed by atoms with Crippen molar-refractivity contribution in [1.82, 2.24) is 15.4 Å². The fourth-order valence-corrected chi connectivity index (χ4v) is 2.88. The Balaban J connectivity index is 2.29. The second kappa shape index (κ2) is 5.87. The van der Waals surface area contributed by atoms with E-state index in [-0.39, 0.29) is 30.3 Å². The molecule has 116 valence electrons. The van der Waals surface area contributed by atoms with E-state index in [4.69, 9.17) is 4.52 Å². The zero-order valence-corrected chi connectivity index (χ0v) is 13.3. The van der Waals surface area contributed by atoms with E-state index in [9.17, 15) is 9.59 Å². The SMILES string of the molecule is CCC(C)C1NC(=O)CN(C(C)c2c(C)noc2C)C1=O. The molecule has 2 rings (SSSR count). The molecule has 0 aromatic carbocycles. The standard InChI is InChI=1S/C15H23N3O3/c1-6-8(2)14-15(20)18(7-12(19)16-14)10(4)13-9(3)17-21-11(13)5/h8,10,14H,6-7H2,1-5H3,(H,16,19). The Morgan fingerprint density at radius 3 is 2.57 bits per heavy atom. The molecule has 2 heterocycles. The molecule has 1 N–H and O–H groups in total. The van der Waals surface area contributed by atoms with Crippen LogP contribution in [0.4, 0.5) is 0 Å². The lowest BCUT2D eigenvalue weighted by Gasteiger charge is -2.38. The van der Waals surface area contributed by atoms with Crippen molar-refractivity contribution >= 4 is 11.8 Å². The molecule has 1 aromatic heterocycles. The molecule has 3 unspecified atom stereocenters. The van der Waals surface area contributed by atoms with Crippen LogP contribution >= 0.6 is 0 Å². The van der Waals surface area contributed by atoms with Crippen molar-refractivity contribution in [2.45, 2.75) is 53.1 Å². The third-order valence-electron chi connectivity index (χ3n) is 4.37. The first-order chi connectivity index (χ1) is 9.86. The van der Waals surface area contributed by atoms with Gasteiger partial charge in [-0.1, -0.05) is 25.4 Å². The Kier molecular flexibility index (Phi) is 4.34. The molecule has 2 amide bonds. The summed E-state index contributed by atoms with van der Waals surface area (Å²) in [6.07, 6.45) is 0.838. The Morgan fingerprint density at radius 1 is 1.38 bits per heavy atom. The van der Waals surface area contributed by atoms with E-state index in [1.54, 1.807) is 4.90 Å². The third-order valence-corrected chi connectivity index (χ3v) is 4.37. The molecular formula is C15H23N3O3. The Morgan fingerprint density at radius 2 is 2.05 bits per heavy atom. The van der Waals surface area contributed by atoms with E-state index in [2.05, 4.69) is 10.5 Å². The van der Waals surface area contributed by atoms with E-state index in [1.807, 2.05) is 34.6 Å². The number of hydrogen-bond donors (Lipinski definition) is 1. The lowest BCUT2D eigenvalue weighted by atomic mass is 9.94. The van der Waals surface area contributed by atoms with Crippen molar-refractivity contribution in [3.05, 3.63) is 17.0 Å². The number of carbonyl (C=O) groups excluding carboxylic acids is 2. The number of nitrogens with zero attached hydrogens (tertiary/aromatic N) is 2. The smallest absolute Gasteiger partial charge is 0.246 e. The van der Waals surface area contributed by atoms with Gasteiger partial charge < -0.3 is 14.7 Å². The monoisotopic (exact) mass is 293 g/mol. The molecule has 1 saturated heterocycles. The Hall–Kier alpha value is -1.85. The number of aromatic nitrogens is 1. The van der Waals surface area contributed by atoms with Crippen molar-refractivity contribution in [1.29, 1.82) is 0 Å². The molecule has 1 fully saturated rings. The van der Waals surface area contributed by atoms with Crippen LogP contribution in [-0.2, 0) is 9.59 Å². The molecular weight excluding hydrogens is 270 g/mol. The summed E-state index contributed by atoms with van der Waals surface area (Å²) in [7, 11) is 0. The summed E-state index contributed by atoms with van der Waals surface area (Å²) < 4.78 is 5.18. The van der Waals surface area contributed by atoms with Gasteiger partial charge in [-0.15, -0.1) is 0 Å². The van der Waals surface area contributed by atoms with Crippen LogP contribution in [0.5, 0.6) is 0 Å². The molecule has 0 radical (unpaired) electrons. The van der Waals surface area contributed by atoms with Crippen LogP contribution < -0.4 is 5.32 Å². The molecule has 6 heteroatoms. The summed E-state index contributed by atoms with van der Waals surface area (Å²) in [5.41, 5.74) is 1.65. The highest BCUT2D eigenvalue weighted by Gasteiger charge is 2.39. The summed E-state index contributed by atoms with van der Waals surface area (Å²) in [5.74, 6) is 0.662. The third kappa shape index (κ3) is 2.80. The summed E-state index contributed by atoms with van der Waals surface area (Å²) in [5, 5.41) is 6.74. The second-order valence-corrected chi connectivity index (χ2v) is 5.81. The van der Waals surface area contributed by atoms with Gasteiger partial charge in [-0.25, -0.2) is 0 Å². The van der Waals surface area contributed by atoms with E-state index in [1.165, 1.54) is 0 Å². The van der Waals surface area contributed by atoms with Crippen molar-refractivity contribution < 1.29 is 14.1 Å². The molecule has 0 saturated carbocycles. The molecule has 1 aliphatic rings. The zero-order chi connectivity index (χ0) is 15.7. The highest BCUT2D eigenvalue weighted by atomic mass is 16.5. The van der Waals surface area contributed by atoms with Crippen LogP contribution in [0.3, 0.4) is 0 Å². The fraction of sp³-hybridized carbons (Fsp3) is 0.667. The summed E-state index contributed by atoms with van der Waals surface area (Å²) >= 11 is 0. The highest BCUT2D eigenvalue weighted by Crippen LogP contribution is 2.29. The Bertz CT molecular complexity index is 533. The first-order valence-corrected chi connectivity index (χ1v) is 7.39. The predicted octanol–water partition coefficient (Wildman–Crippen LogP) is 1.73. The molecule has 3 atom stereocenters. The molecule has 0 aliphatic carbocycles. The van der Waals surface area contributed by atoms with Crippen LogP contribution in [-0.4, -0.2) is 34.5 Å². The maximum absolute atomic E-state index is 12.7. The van der Waals surface area contributed by atoms with Crippen LogP contribution in [0.25, 0.3) is 0 Å². The maximum atomic E-state index is 12.7. The minimum Gasteiger partial charge on any atom is -0.361 e. The van der Waals surface area contributed by atoms with Gasteiger partial charge in [-0.05, 0) is 26.7 Å². The maximum Gasteiger partial charge on any atom is 0.246 e. The number of aryl methyl sites for hydroxylation is 2. The van der Waals surface area contributed by atoms with E-state index < -0.39 is 6.04 Å². The molecule has 0 bridgehead atoms. The largest absolute Gasteiger partial charge is 0.361 e. The molecule has 21 heavy (non-hydrogen) atoms. The molecule has 1 aliphatic heterocycles. The zero-order valence-electron chi connectivity index (χ0n) is 13.3. The van der Waals surface area contributed by atoms with Gasteiger partial charge in [0.25, 0.3) is 0 Å². The van der Waals surface area contributed by atoms with Gasteiger partial charge in [0.05, 0.1) is 11.7 Å². The van der Waals surface area contributed by atoms with Crippen molar-refractivity contribution in [3.63, 3.8) is 0 Å². The quantitative estimate of drug-likeness (QED) is 0.917. The van der Waals surface area contributed by atoms with Gasteiger partial charge in [-0.3, -0.25) is 9.59 Å². The van der Waals surface area contributed by atoms with E-state index in [0.717, 1.165) is 17.7 Å². The highest BCUT2D eigenvalue weighted by molar-refractivity contribution is 5.95. The van der Waals surface area contributed by atoms with Gasteiger partial charge in [0.15, 0.2) is 0 Å². The normalized spacial score (nSPS) is 22.1. The molecule has 1 aromatic rings. The van der Waals surface area contributed by atoms with Crippen molar-refractivity contribution in [3.8, 4) is 0 Å². The van der Waals surface area contributed by atoms with Gasteiger partial charge in [0.1, 0.15) is 18.3 Å². The van der Waals surface area contributed by atoms with Gasteiger partial charge in [-0.2, -0.15) is 0 Å². The van der Waals surface area contributed by atoms with Crippen LogP contribution in [0, 0.1) is 19.8 Å². The average Bonchev–Trinajstić information content (AvgIpc) is 2.78. The second-order valence-electron chi connectivity index (χ2n) is 5.81. The van der Waals surface area contributed by atoms with Crippen molar-refractivity contribution in [2.24, 2.45) is 5.92 Å². The van der Waals surface area contributed by atoms with Crippen LogP contribution in [0.2, 0.25) is 0 Å². The number of nitrogens with one attached hydrogen (secondary N) is 1. The first kappa shape index (κ1) is 15.5. The van der Waals surface area contributed by atoms with Crippen molar-refractivity contribution in [2.75, 3.05) is 6.54 Å². The number of piperazine rings is 1. The summed E-state index contributed by atoms with van der Waals surface area (Å²) in [6.45, 7) is 9.66. The number of rotatable bonds is 4. The summed E-state index contributed by atoms with van der Waals surface area (Å²) in [4.78, 5) is 26.3. The average molecular weight is 293 g/mol. The number of hydrogen-bond acceptors (Lipinski definition) is 4. The van der Waals surface area contributed by atoms with E-state index >= 15 is 0 Å². The van der Waals surface area contributed by atoms with Crippen LogP contribution in [0.15, 0.2) is 4.52 Å². The van der Waals surface area contributed by atoms with E-state index in [0.29, 0.717) is 5.76 Å². The lowest BCUT2D eigenvalue weighted by molar-refractivity contribution is -0.148. The minimum atomic E-state index is -0.445. The molecule has 0 spiro atoms. The number of carbonyl (C=O) groups is 2. The molecule has 6 nitrogen and oxygen atoms in total. The first-order valence-electron chi connectivity index (χ1n) is 7.39. The predicted molar refractivity (Wildman–Crippen MR) is 77.5 cm³/mol. The number of amides is 2.